The SMILES string of the molecule is O=C(O)C1CCCCC1C(=O)Nc1nnc(C2CCCCC2)s1. The first-order valence-corrected chi connectivity index (χ1v) is 9.34. The van der Waals surface area contributed by atoms with E-state index in [4.69, 9.17) is 0 Å². The molecule has 0 aliphatic heterocycles. The summed E-state index contributed by atoms with van der Waals surface area (Å²) in [5.74, 6) is -1.65. The minimum absolute atomic E-state index is 0.219. The molecule has 1 amide bonds. The van der Waals surface area contributed by atoms with Crippen molar-refractivity contribution >= 4 is 28.3 Å². The summed E-state index contributed by atoms with van der Waals surface area (Å²) in [5.41, 5.74) is 0. The summed E-state index contributed by atoms with van der Waals surface area (Å²) >= 11 is 1.44. The molecule has 0 spiro atoms. The van der Waals surface area contributed by atoms with Crippen molar-refractivity contribution in [3.05, 3.63) is 5.01 Å². The molecule has 0 bridgehead atoms. The molecule has 6 nitrogen and oxygen atoms in total. The Morgan fingerprint density at radius 2 is 1.61 bits per heavy atom. The van der Waals surface area contributed by atoms with Gasteiger partial charge in [-0.15, -0.1) is 10.2 Å². The number of hydrogen-bond acceptors (Lipinski definition) is 5. The predicted molar refractivity (Wildman–Crippen MR) is 87.4 cm³/mol. The van der Waals surface area contributed by atoms with Crippen LogP contribution in [0, 0.1) is 11.8 Å². The molecule has 126 valence electrons. The van der Waals surface area contributed by atoms with Gasteiger partial charge in [-0.3, -0.25) is 9.59 Å². The molecule has 2 fully saturated rings. The summed E-state index contributed by atoms with van der Waals surface area (Å²) in [6.45, 7) is 0. The lowest BCUT2D eigenvalue weighted by Crippen LogP contribution is -2.36. The van der Waals surface area contributed by atoms with E-state index in [1.807, 2.05) is 0 Å². The number of aliphatic carboxylic acids is 1. The van der Waals surface area contributed by atoms with Crippen molar-refractivity contribution in [1.29, 1.82) is 0 Å². The summed E-state index contributed by atoms with van der Waals surface area (Å²) in [5, 5.41) is 21.9. The van der Waals surface area contributed by atoms with Crippen molar-refractivity contribution in [3.8, 4) is 0 Å². The number of aromatic nitrogens is 2. The fraction of sp³-hybridized carbons (Fsp3) is 0.750. The maximum Gasteiger partial charge on any atom is 0.307 e. The van der Waals surface area contributed by atoms with Gasteiger partial charge >= 0.3 is 5.97 Å². The molecule has 2 aliphatic rings. The first-order chi connectivity index (χ1) is 11.1. The zero-order valence-corrected chi connectivity index (χ0v) is 14.0. The van der Waals surface area contributed by atoms with Gasteiger partial charge in [-0.2, -0.15) is 0 Å². The number of carboxylic acids is 1. The van der Waals surface area contributed by atoms with Gasteiger partial charge in [0.25, 0.3) is 0 Å². The number of nitrogens with zero attached hydrogens (tertiary/aromatic N) is 2. The Bertz CT molecular complexity index is 569. The smallest absolute Gasteiger partial charge is 0.307 e. The molecule has 0 aromatic carbocycles. The molecular formula is C16H23N3O3S. The number of rotatable bonds is 4. The van der Waals surface area contributed by atoms with Gasteiger partial charge in [0.2, 0.25) is 11.0 Å². The van der Waals surface area contributed by atoms with Crippen LogP contribution in [0.1, 0.15) is 68.7 Å². The number of anilines is 1. The van der Waals surface area contributed by atoms with Crippen molar-refractivity contribution in [2.45, 2.75) is 63.7 Å². The first-order valence-electron chi connectivity index (χ1n) is 8.52. The second-order valence-corrected chi connectivity index (χ2v) is 7.61. The van der Waals surface area contributed by atoms with Crippen LogP contribution in [0.3, 0.4) is 0 Å². The largest absolute Gasteiger partial charge is 0.481 e. The Balaban J connectivity index is 1.63. The van der Waals surface area contributed by atoms with Gasteiger partial charge in [-0.05, 0) is 25.7 Å². The zero-order chi connectivity index (χ0) is 16.2. The van der Waals surface area contributed by atoms with Crippen molar-refractivity contribution in [1.82, 2.24) is 10.2 Å². The number of carboxylic acid groups (broad SMARTS) is 1. The van der Waals surface area contributed by atoms with Crippen LogP contribution in [-0.4, -0.2) is 27.2 Å². The highest BCUT2D eigenvalue weighted by Gasteiger charge is 2.36. The third-order valence-corrected chi connectivity index (χ3v) is 6.05. The average molecular weight is 337 g/mol. The molecule has 3 rings (SSSR count). The van der Waals surface area contributed by atoms with E-state index in [0.717, 1.165) is 30.7 Å². The molecular weight excluding hydrogens is 314 g/mol. The maximum atomic E-state index is 12.4. The fourth-order valence-electron chi connectivity index (χ4n) is 3.74. The molecule has 1 heterocycles. The Hall–Kier alpha value is -1.50. The molecule has 2 unspecified atom stereocenters. The molecule has 23 heavy (non-hydrogen) atoms. The number of carbonyl (C=O) groups is 2. The minimum atomic E-state index is -0.870. The molecule has 2 aliphatic carbocycles. The third-order valence-electron chi connectivity index (χ3n) is 5.05. The Labute approximate surface area is 139 Å². The molecule has 0 radical (unpaired) electrons. The van der Waals surface area contributed by atoms with Crippen LogP contribution in [0.15, 0.2) is 0 Å². The standard InChI is InChI=1S/C16H23N3O3S/c20-13(11-8-4-5-9-12(11)15(21)22)17-16-19-18-14(23-16)10-6-2-1-3-7-10/h10-12H,1-9H2,(H,21,22)(H,17,19,20). The average Bonchev–Trinajstić information content (AvgIpc) is 3.04. The van der Waals surface area contributed by atoms with E-state index in [2.05, 4.69) is 15.5 Å². The van der Waals surface area contributed by atoms with Gasteiger partial charge in [0.05, 0.1) is 11.8 Å². The van der Waals surface area contributed by atoms with E-state index in [-0.39, 0.29) is 5.91 Å². The van der Waals surface area contributed by atoms with Gasteiger partial charge in [0.15, 0.2) is 0 Å². The van der Waals surface area contributed by atoms with E-state index in [1.54, 1.807) is 0 Å². The normalized spacial score (nSPS) is 25.9. The molecule has 7 heteroatoms. The van der Waals surface area contributed by atoms with E-state index < -0.39 is 17.8 Å². The highest BCUT2D eigenvalue weighted by atomic mass is 32.1. The summed E-state index contributed by atoms with van der Waals surface area (Å²) in [6.07, 6.45) is 9.04. The fourth-order valence-corrected chi connectivity index (χ4v) is 4.65. The Morgan fingerprint density at radius 3 is 2.30 bits per heavy atom. The van der Waals surface area contributed by atoms with Crippen LogP contribution in [0.4, 0.5) is 5.13 Å². The molecule has 2 N–H and O–H groups in total. The summed E-state index contributed by atoms with van der Waals surface area (Å²) in [4.78, 5) is 23.8. The van der Waals surface area contributed by atoms with Crippen LogP contribution >= 0.6 is 11.3 Å². The molecule has 2 atom stereocenters. The van der Waals surface area contributed by atoms with E-state index in [9.17, 15) is 14.7 Å². The monoisotopic (exact) mass is 337 g/mol. The lowest BCUT2D eigenvalue weighted by Gasteiger charge is -2.26. The van der Waals surface area contributed by atoms with Crippen LogP contribution in [0.2, 0.25) is 0 Å². The second kappa shape index (κ2) is 7.38. The number of carbonyl (C=O) groups excluding carboxylic acids is 1. The molecule has 2 saturated carbocycles. The van der Waals surface area contributed by atoms with Crippen molar-refractivity contribution in [3.63, 3.8) is 0 Å². The number of nitrogens with one attached hydrogen (secondary N) is 1. The van der Waals surface area contributed by atoms with Crippen LogP contribution in [0.25, 0.3) is 0 Å². The van der Waals surface area contributed by atoms with Crippen LogP contribution < -0.4 is 5.32 Å². The highest BCUT2D eigenvalue weighted by molar-refractivity contribution is 7.15. The van der Waals surface area contributed by atoms with Crippen molar-refractivity contribution in [2.24, 2.45) is 11.8 Å². The second-order valence-electron chi connectivity index (χ2n) is 6.61. The summed E-state index contributed by atoms with van der Waals surface area (Å²) < 4.78 is 0. The van der Waals surface area contributed by atoms with Crippen molar-refractivity contribution in [2.75, 3.05) is 5.32 Å². The molecule has 1 aromatic rings. The number of hydrogen-bond donors (Lipinski definition) is 2. The van der Waals surface area contributed by atoms with Crippen molar-refractivity contribution < 1.29 is 14.7 Å². The first kappa shape index (κ1) is 16.4. The van der Waals surface area contributed by atoms with Gasteiger partial charge in [0.1, 0.15) is 5.01 Å². The maximum absolute atomic E-state index is 12.4. The number of amides is 1. The van der Waals surface area contributed by atoms with E-state index in [1.165, 1.54) is 30.6 Å². The third kappa shape index (κ3) is 3.88. The topological polar surface area (TPSA) is 92.2 Å². The van der Waals surface area contributed by atoms with Crippen LogP contribution in [-0.2, 0) is 9.59 Å². The van der Waals surface area contributed by atoms with E-state index >= 15 is 0 Å². The van der Waals surface area contributed by atoms with Crippen LogP contribution in [0.5, 0.6) is 0 Å². The predicted octanol–water partition coefficient (Wildman–Crippen LogP) is 3.42. The van der Waals surface area contributed by atoms with Gasteiger partial charge in [0, 0.05) is 5.92 Å². The van der Waals surface area contributed by atoms with Gasteiger partial charge < -0.3 is 10.4 Å². The lowest BCUT2D eigenvalue weighted by molar-refractivity contribution is -0.147. The molecule has 1 aromatic heterocycles. The summed E-state index contributed by atoms with van der Waals surface area (Å²) in [6, 6.07) is 0. The molecule has 0 saturated heterocycles. The summed E-state index contributed by atoms with van der Waals surface area (Å²) in [7, 11) is 0. The minimum Gasteiger partial charge on any atom is -0.481 e. The Kier molecular flexibility index (Phi) is 5.25. The highest BCUT2D eigenvalue weighted by Crippen LogP contribution is 2.36. The lowest BCUT2D eigenvalue weighted by atomic mass is 9.79. The van der Waals surface area contributed by atoms with Gasteiger partial charge in [-0.1, -0.05) is 43.4 Å². The van der Waals surface area contributed by atoms with Gasteiger partial charge in [-0.25, -0.2) is 0 Å². The van der Waals surface area contributed by atoms with E-state index in [0.29, 0.717) is 23.9 Å². The quantitative estimate of drug-likeness (QED) is 0.878. The zero-order valence-electron chi connectivity index (χ0n) is 13.2. The Morgan fingerprint density at radius 1 is 0.957 bits per heavy atom.